The highest BCUT2D eigenvalue weighted by Gasteiger charge is 2.28. The van der Waals surface area contributed by atoms with Crippen molar-refractivity contribution >= 4 is 28.8 Å². The number of pyridine rings is 1. The average Bonchev–Trinajstić information content (AvgIpc) is 3.15. The molecule has 1 amide bonds. The SMILES string of the molecule is Cc1ncsc1C(=O)N1CCC[C@@H](c2cccc(Cc3ccccc3Cl)n2)C1. The zero-order valence-corrected chi connectivity index (χ0v) is 17.3. The molecule has 1 aliphatic heterocycles. The van der Waals surface area contributed by atoms with Crippen LogP contribution in [-0.2, 0) is 6.42 Å². The summed E-state index contributed by atoms with van der Waals surface area (Å²) in [5, 5.41) is 0.768. The topological polar surface area (TPSA) is 46.1 Å². The first kappa shape index (κ1) is 19.1. The number of carbonyl (C=O) groups excluding carboxylic acids is 1. The number of nitrogens with zero attached hydrogens (tertiary/aromatic N) is 3. The van der Waals surface area contributed by atoms with Gasteiger partial charge in [0.1, 0.15) is 4.88 Å². The minimum Gasteiger partial charge on any atom is -0.337 e. The van der Waals surface area contributed by atoms with Crippen molar-refractivity contribution in [1.29, 1.82) is 0 Å². The van der Waals surface area contributed by atoms with Gasteiger partial charge in [-0.1, -0.05) is 35.9 Å². The lowest BCUT2D eigenvalue weighted by molar-refractivity contribution is 0.0710. The Labute approximate surface area is 174 Å². The fourth-order valence-corrected chi connectivity index (χ4v) is 4.69. The molecular weight excluding hydrogens is 390 g/mol. The summed E-state index contributed by atoms with van der Waals surface area (Å²) >= 11 is 7.73. The Balaban J connectivity index is 1.50. The summed E-state index contributed by atoms with van der Waals surface area (Å²) in [5.41, 5.74) is 5.70. The molecular formula is C22H22ClN3OS. The molecule has 1 aromatic carbocycles. The Morgan fingerprint density at radius 1 is 1.25 bits per heavy atom. The maximum atomic E-state index is 12.9. The van der Waals surface area contributed by atoms with E-state index in [1.165, 1.54) is 11.3 Å². The number of amides is 1. The molecule has 3 heterocycles. The van der Waals surface area contributed by atoms with Crippen LogP contribution in [-0.4, -0.2) is 33.9 Å². The first-order valence-corrected chi connectivity index (χ1v) is 10.8. The molecule has 1 aliphatic rings. The summed E-state index contributed by atoms with van der Waals surface area (Å²) in [6.07, 6.45) is 2.75. The van der Waals surface area contributed by atoms with E-state index in [0.29, 0.717) is 13.0 Å². The van der Waals surface area contributed by atoms with Gasteiger partial charge in [-0.15, -0.1) is 11.3 Å². The quantitative estimate of drug-likeness (QED) is 0.599. The van der Waals surface area contributed by atoms with Gasteiger partial charge in [-0.3, -0.25) is 9.78 Å². The number of aryl methyl sites for hydroxylation is 1. The average molecular weight is 412 g/mol. The van der Waals surface area contributed by atoms with Gasteiger partial charge in [0, 0.05) is 41.8 Å². The first-order valence-electron chi connectivity index (χ1n) is 9.50. The maximum absolute atomic E-state index is 12.9. The smallest absolute Gasteiger partial charge is 0.265 e. The highest BCUT2D eigenvalue weighted by Crippen LogP contribution is 2.28. The fourth-order valence-electron chi connectivity index (χ4n) is 3.71. The van der Waals surface area contributed by atoms with Gasteiger partial charge in [-0.25, -0.2) is 4.98 Å². The Hall–Kier alpha value is -2.24. The summed E-state index contributed by atoms with van der Waals surface area (Å²) < 4.78 is 0. The molecule has 1 atom stereocenters. The molecule has 0 bridgehead atoms. The van der Waals surface area contributed by atoms with Crippen LogP contribution < -0.4 is 0 Å². The fraction of sp³-hybridized carbons (Fsp3) is 0.318. The molecule has 28 heavy (non-hydrogen) atoms. The van der Waals surface area contributed by atoms with Gasteiger partial charge in [0.15, 0.2) is 0 Å². The zero-order chi connectivity index (χ0) is 19.5. The van der Waals surface area contributed by atoms with Crippen molar-refractivity contribution in [1.82, 2.24) is 14.9 Å². The lowest BCUT2D eigenvalue weighted by Crippen LogP contribution is -2.39. The number of benzene rings is 1. The molecule has 0 N–H and O–H groups in total. The number of carbonyl (C=O) groups is 1. The van der Waals surface area contributed by atoms with Gasteiger partial charge in [0.25, 0.3) is 5.91 Å². The molecule has 0 aliphatic carbocycles. The van der Waals surface area contributed by atoms with Crippen molar-refractivity contribution in [3.8, 4) is 0 Å². The van der Waals surface area contributed by atoms with Crippen molar-refractivity contribution < 1.29 is 4.79 Å². The Morgan fingerprint density at radius 3 is 2.89 bits per heavy atom. The van der Waals surface area contributed by atoms with Crippen LogP contribution in [0.2, 0.25) is 5.02 Å². The van der Waals surface area contributed by atoms with Crippen LogP contribution in [0.1, 0.15) is 51.1 Å². The molecule has 0 radical (unpaired) electrons. The van der Waals surface area contributed by atoms with Crippen molar-refractivity contribution in [2.45, 2.75) is 32.1 Å². The summed E-state index contributed by atoms with van der Waals surface area (Å²) in [5.74, 6) is 0.356. The van der Waals surface area contributed by atoms with E-state index in [2.05, 4.69) is 17.1 Å². The van der Waals surface area contributed by atoms with E-state index in [9.17, 15) is 4.79 Å². The first-order chi connectivity index (χ1) is 13.6. The number of rotatable bonds is 4. The van der Waals surface area contributed by atoms with Gasteiger partial charge in [0.05, 0.1) is 11.2 Å². The van der Waals surface area contributed by atoms with Crippen LogP contribution >= 0.6 is 22.9 Å². The van der Waals surface area contributed by atoms with Gasteiger partial charge < -0.3 is 4.90 Å². The number of hydrogen-bond donors (Lipinski definition) is 0. The molecule has 1 saturated heterocycles. The predicted molar refractivity (Wildman–Crippen MR) is 113 cm³/mol. The molecule has 0 unspecified atom stereocenters. The zero-order valence-electron chi connectivity index (χ0n) is 15.8. The molecule has 144 valence electrons. The molecule has 6 heteroatoms. The molecule has 4 rings (SSSR count). The van der Waals surface area contributed by atoms with Crippen molar-refractivity contribution in [2.75, 3.05) is 13.1 Å². The number of halogens is 1. The van der Waals surface area contributed by atoms with E-state index >= 15 is 0 Å². The van der Waals surface area contributed by atoms with E-state index in [1.807, 2.05) is 42.2 Å². The second-order valence-electron chi connectivity index (χ2n) is 7.18. The summed E-state index contributed by atoms with van der Waals surface area (Å²) in [4.78, 5) is 24.7. The molecule has 3 aromatic rings. The van der Waals surface area contributed by atoms with E-state index in [-0.39, 0.29) is 11.8 Å². The second-order valence-corrected chi connectivity index (χ2v) is 8.44. The van der Waals surface area contributed by atoms with Gasteiger partial charge in [-0.2, -0.15) is 0 Å². The van der Waals surface area contributed by atoms with Crippen molar-refractivity contribution in [2.24, 2.45) is 0 Å². The van der Waals surface area contributed by atoms with Gasteiger partial charge >= 0.3 is 0 Å². The Morgan fingerprint density at radius 2 is 2.11 bits per heavy atom. The van der Waals surface area contributed by atoms with Gasteiger partial charge in [0.2, 0.25) is 0 Å². The number of aromatic nitrogens is 2. The minimum absolute atomic E-state index is 0.0944. The summed E-state index contributed by atoms with van der Waals surface area (Å²) in [6, 6.07) is 14.1. The lowest BCUT2D eigenvalue weighted by atomic mass is 9.93. The molecule has 0 spiro atoms. The Bertz CT molecular complexity index is 987. The third kappa shape index (κ3) is 4.10. The molecule has 0 saturated carbocycles. The largest absolute Gasteiger partial charge is 0.337 e. The van der Waals surface area contributed by atoms with E-state index in [0.717, 1.165) is 51.9 Å². The van der Waals surface area contributed by atoms with E-state index < -0.39 is 0 Å². The third-order valence-corrected chi connectivity index (χ3v) is 6.51. The Kier molecular flexibility index (Phi) is 5.74. The standard InChI is InChI=1S/C22H22ClN3OS/c1-15-21(28-14-24-15)22(27)26-11-5-7-17(13-26)20-10-4-8-18(25-20)12-16-6-2-3-9-19(16)23/h2-4,6,8-10,14,17H,5,7,11-13H2,1H3/t17-/m1/s1. The lowest BCUT2D eigenvalue weighted by Gasteiger charge is -2.32. The van der Waals surface area contributed by atoms with E-state index in [4.69, 9.17) is 16.6 Å². The molecule has 1 fully saturated rings. The number of hydrogen-bond acceptors (Lipinski definition) is 4. The predicted octanol–water partition coefficient (Wildman–Crippen LogP) is 5.11. The van der Waals surface area contributed by atoms with Crippen LogP contribution in [0.5, 0.6) is 0 Å². The van der Waals surface area contributed by atoms with E-state index in [1.54, 1.807) is 5.51 Å². The molecule has 4 nitrogen and oxygen atoms in total. The van der Waals surface area contributed by atoms with Crippen LogP contribution in [0.25, 0.3) is 0 Å². The van der Waals surface area contributed by atoms with Crippen LogP contribution in [0.3, 0.4) is 0 Å². The summed E-state index contributed by atoms with van der Waals surface area (Å²) in [6.45, 7) is 3.40. The normalized spacial score (nSPS) is 16.9. The number of thiazole rings is 1. The third-order valence-electron chi connectivity index (χ3n) is 5.22. The maximum Gasteiger partial charge on any atom is 0.265 e. The number of piperidine rings is 1. The summed E-state index contributed by atoms with van der Waals surface area (Å²) in [7, 11) is 0. The highest BCUT2D eigenvalue weighted by atomic mass is 35.5. The van der Waals surface area contributed by atoms with Crippen LogP contribution in [0, 0.1) is 6.92 Å². The van der Waals surface area contributed by atoms with Crippen LogP contribution in [0.4, 0.5) is 0 Å². The highest BCUT2D eigenvalue weighted by molar-refractivity contribution is 7.11. The van der Waals surface area contributed by atoms with Gasteiger partial charge in [-0.05, 0) is 43.5 Å². The monoisotopic (exact) mass is 411 g/mol. The molecule has 2 aromatic heterocycles. The van der Waals surface area contributed by atoms with Crippen LogP contribution in [0.15, 0.2) is 48.0 Å². The van der Waals surface area contributed by atoms with Crippen molar-refractivity contribution in [3.63, 3.8) is 0 Å². The number of likely N-dealkylation sites (tertiary alicyclic amines) is 1. The van der Waals surface area contributed by atoms with Crippen molar-refractivity contribution in [3.05, 3.63) is 80.5 Å². The minimum atomic E-state index is 0.0944. The second kappa shape index (κ2) is 8.41.